The van der Waals surface area contributed by atoms with Gasteiger partial charge in [0.2, 0.25) is 0 Å². The summed E-state index contributed by atoms with van der Waals surface area (Å²) in [7, 11) is 0. The second kappa shape index (κ2) is 4.66. The van der Waals surface area contributed by atoms with Crippen molar-refractivity contribution < 1.29 is 4.74 Å². The van der Waals surface area contributed by atoms with Crippen molar-refractivity contribution in [3.8, 4) is 5.75 Å². The summed E-state index contributed by atoms with van der Waals surface area (Å²) in [5.74, 6) is 0.659. The maximum absolute atomic E-state index is 5.47. The Bertz CT molecular complexity index is 442. The van der Waals surface area contributed by atoms with Crippen LogP contribution in [0, 0.1) is 0 Å². The minimum absolute atomic E-state index is 0.462. The highest BCUT2D eigenvalue weighted by Gasteiger charge is 2.02. The Hall–Kier alpha value is -1.74. The van der Waals surface area contributed by atoms with Crippen molar-refractivity contribution in [3.63, 3.8) is 0 Å². The quantitative estimate of drug-likeness (QED) is 0.719. The van der Waals surface area contributed by atoms with Crippen molar-refractivity contribution in [3.05, 3.63) is 60.4 Å². The summed E-state index contributed by atoms with van der Waals surface area (Å²) in [4.78, 5) is 3.95. The van der Waals surface area contributed by atoms with Crippen molar-refractivity contribution in [1.29, 1.82) is 0 Å². The lowest BCUT2D eigenvalue weighted by Crippen LogP contribution is -2.06. The predicted octanol–water partition coefficient (Wildman–Crippen LogP) is 2.84. The minimum Gasteiger partial charge on any atom is -0.444 e. The van der Waals surface area contributed by atoms with Gasteiger partial charge >= 0.3 is 0 Å². The second-order valence-corrected chi connectivity index (χ2v) is 3.32. The zero-order valence-corrected chi connectivity index (χ0v) is 8.78. The Morgan fingerprint density at radius 3 is 2.53 bits per heavy atom. The van der Waals surface area contributed by atoms with E-state index in [1.807, 2.05) is 42.5 Å². The van der Waals surface area contributed by atoms with Crippen molar-refractivity contribution in [2.24, 2.45) is 0 Å². The number of rotatable bonds is 2. The van der Waals surface area contributed by atoms with E-state index in [2.05, 4.69) is 4.98 Å². The maximum Gasteiger partial charge on any atom is 0.198 e. The molecule has 1 aromatic heterocycles. The summed E-state index contributed by atoms with van der Waals surface area (Å²) < 4.78 is 5.47. The summed E-state index contributed by atoms with van der Waals surface area (Å²) in [5.41, 5.74) is 0.899. The molecule has 0 aliphatic heterocycles. The van der Waals surface area contributed by atoms with E-state index in [-0.39, 0.29) is 0 Å². The fourth-order valence-electron chi connectivity index (χ4n) is 1.15. The summed E-state index contributed by atoms with van der Waals surface area (Å²) in [5, 5.41) is 0.462. The van der Waals surface area contributed by atoms with Crippen molar-refractivity contribution in [1.82, 2.24) is 4.98 Å². The van der Waals surface area contributed by atoms with E-state index in [1.165, 1.54) is 0 Å². The molecule has 2 aromatic rings. The summed E-state index contributed by atoms with van der Waals surface area (Å²) in [6, 6.07) is 13.3. The Morgan fingerprint density at radius 2 is 1.87 bits per heavy atom. The SMILES string of the molecule is S=C(Oc1cccnc1)c1ccccc1. The fourth-order valence-corrected chi connectivity index (χ4v) is 1.38. The monoisotopic (exact) mass is 215 g/mol. The number of benzene rings is 1. The normalized spacial score (nSPS) is 9.60. The average molecular weight is 215 g/mol. The van der Waals surface area contributed by atoms with Crippen LogP contribution >= 0.6 is 12.2 Å². The van der Waals surface area contributed by atoms with E-state index in [4.69, 9.17) is 17.0 Å². The van der Waals surface area contributed by atoms with Gasteiger partial charge in [0.15, 0.2) is 5.05 Å². The minimum atomic E-state index is 0.462. The molecule has 0 aliphatic carbocycles. The van der Waals surface area contributed by atoms with E-state index in [0.717, 1.165) is 5.56 Å². The molecule has 2 rings (SSSR count). The van der Waals surface area contributed by atoms with Gasteiger partial charge in [-0.2, -0.15) is 0 Å². The molecule has 0 atom stereocenters. The zero-order valence-electron chi connectivity index (χ0n) is 7.96. The van der Waals surface area contributed by atoms with E-state index in [1.54, 1.807) is 12.4 Å². The number of nitrogens with zero attached hydrogens (tertiary/aromatic N) is 1. The van der Waals surface area contributed by atoms with Crippen LogP contribution in [0.3, 0.4) is 0 Å². The molecule has 0 spiro atoms. The molecule has 15 heavy (non-hydrogen) atoms. The lowest BCUT2D eigenvalue weighted by atomic mass is 10.2. The predicted molar refractivity (Wildman–Crippen MR) is 63.0 cm³/mol. The molecule has 3 heteroatoms. The first-order chi connectivity index (χ1) is 7.36. The van der Waals surface area contributed by atoms with Crippen molar-refractivity contribution >= 4 is 17.3 Å². The van der Waals surface area contributed by atoms with Gasteiger partial charge in [-0.25, -0.2) is 0 Å². The summed E-state index contributed by atoms with van der Waals surface area (Å²) in [6.07, 6.45) is 3.33. The number of thiocarbonyl (C=S) groups is 1. The molecule has 1 heterocycles. The fraction of sp³-hybridized carbons (Fsp3) is 0. The molecular weight excluding hydrogens is 206 g/mol. The third-order valence-corrected chi connectivity index (χ3v) is 2.17. The molecule has 0 amide bonds. The number of hydrogen-bond donors (Lipinski definition) is 0. The highest BCUT2D eigenvalue weighted by molar-refractivity contribution is 7.80. The lowest BCUT2D eigenvalue weighted by molar-refractivity contribution is 0.563. The number of pyridine rings is 1. The lowest BCUT2D eigenvalue weighted by Gasteiger charge is -2.05. The van der Waals surface area contributed by atoms with E-state index >= 15 is 0 Å². The molecule has 0 fully saturated rings. The molecule has 0 saturated heterocycles. The van der Waals surface area contributed by atoms with Gasteiger partial charge in [0.25, 0.3) is 0 Å². The molecule has 0 saturated carbocycles. The Kier molecular flexibility index (Phi) is 3.05. The van der Waals surface area contributed by atoms with Crippen LogP contribution in [0.15, 0.2) is 54.9 Å². The van der Waals surface area contributed by atoms with E-state index < -0.39 is 0 Å². The van der Waals surface area contributed by atoms with Gasteiger partial charge < -0.3 is 4.74 Å². The Balaban J connectivity index is 2.12. The molecule has 0 unspecified atom stereocenters. The average Bonchev–Trinajstić information content (AvgIpc) is 2.31. The molecule has 0 aliphatic rings. The van der Waals surface area contributed by atoms with Crippen LogP contribution in [0.4, 0.5) is 0 Å². The Labute approximate surface area is 93.5 Å². The van der Waals surface area contributed by atoms with E-state index in [0.29, 0.717) is 10.8 Å². The molecule has 1 aromatic carbocycles. The highest BCUT2D eigenvalue weighted by Crippen LogP contribution is 2.10. The molecule has 0 radical (unpaired) electrons. The van der Waals surface area contributed by atoms with Gasteiger partial charge in [0.05, 0.1) is 6.20 Å². The third-order valence-electron chi connectivity index (χ3n) is 1.85. The molecule has 2 nitrogen and oxygen atoms in total. The maximum atomic E-state index is 5.47. The second-order valence-electron chi connectivity index (χ2n) is 2.94. The number of aromatic nitrogens is 1. The van der Waals surface area contributed by atoms with Crippen molar-refractivity contribution in [2.45, 2.75) is 0 Å². The van der Waals surface area contributed by atoms with Crippen LogP contribution in [0.1, 0.15) is 5.56 Å². The van der Waals surface area contributed by atoms with E-state index in [9.17, 15) is 0 Å². The molecular formula is C12H9NOS. The topological polar surface area (TPSA) is 22.1 Å². The standard InChI is InChI=1S/C12H9NOS/c15-12(10-5-2-1-3-6-10)14-11-7-4-8-13-9-11/h1-9H. The summed E-state index contributed by atoms with van der Waals surface area (Å²) in [6.45, 7) is 0. The van der Waals surface area contributed by atoms with Crippen LogP contribution < -0.4 is 4.74 Å². The van der Waals surface area contributed by atoms with Gasteiger partial charge in [0.1, 0.15) is 5.75 Å². The van der Waals surface area contributed by atoms with Crippen LogP contribution in [-0.4, -0.2) is 10.0 Å². The first kappa shape index (κ1) is 9.80. The van der Waals surface area contributed by atoms with Gasteiger partial charge in [-0.05, 0) is 24.4 Å². The van der Waals surface area contributed by atoms with Gasteiger partial charge in [0, 0.05) is 11.8 Å². The first-order valence-electron chi connectivity index (χ1n) is 4.53. The third kappa shape index (κ3) is 2.60. The van der Waals surface area contributed by atoms with Gasteiger partial charge in [-0.3, -0.25) is 4.98 Å². The van der Waals surface area contributed by atoms with Crippen LogP contribution in [0.2, 0.25) is 0 Å². The van der Waals surface area contributed by atoms with Gasteiger partial charge in [-0.15, -0.1) is 0 Å². The Morgan fingerprint density at radius 1 is 1.07 bits per heavy atom. The zero-order chi connectivity index (χ0) is 10.5. The highest BCUT2D eigenvalue weighted by atomic mass is 32.1. The molecule has 0 bridgehead atoms. The van der Waals surface area contributed by atoms with Gasteiger partial charge in [-0.1, -0.05) is 30.3 Å². The van der Waals surface area contributed by atoms with Crippen LogP contribution in [-0.2, 0) is 0 Å². The smallest absolute Gasteiger partial charge is 0.198 e. The summed E-state index contributed by atoms with van der Waals surface area (Å²) >= 11 is 5.15. The van der Waals surface area contributed by atoms with Crippen LogP contribution in [0.5, 0.6) is 5.75 Å². The molecule has 74 valence electrons. The molecule has 0 N–H and O–H groups in total. The first-order valence-corrected chi connectivity index (χ1v) is 4.94. The number of ether oxygens (including phenoxy) is 1. The largest absolute Gasteiger partial charge is 0.444 e. The number of hydrogen-bond acceptors (Lipinski definition) is 3. The van der Waals surface area contributed by atoms with Crippen molar-refractivity contribution in [2.75, 3.05) is 0 Å². The van der Waals surface area contributed by atoms with Crippen LogP contribution in [0.25, 0.3) is 0 Å².